The first-order chi connectivity index (χ1) is 14.8. The number of allylic oxidation sites excluding steroid dienone is 4. The fourth-order valence-electron chi connectivity index (χ4n) is 3.22. The molecule has 1 aliphatic carbocycles. The monoisotopic (exact) mass is 424 g/mol. The van der Waals surface area contributed by atoms with E-state index in [9.17, 15) is 22.8 Å². The molecule has 154 valence electrons. The van der Waals surface area contributed by atoms with Gasteiger partial charge in [0.1, 0.15) is 6.07 Å². The fourth-order valence-corrected chi connectivity index (χ4v) is 3.22. The summed E-state index contributed by atoms with van der Waals surface area (Å²) in [5.74, 6) is -2.41. The lowest BCUT2D eigenvalue weighted by atomic mass is 9.89. The van der Waals surface area contributed by atoms with Crippen molar-refractivity contribution in [2.24, 2.45) is 10.9 Å². The second-order valence-electron chi connectivity index (χ2n) is 6.50. The minimum Gasteiger partial charge on any atom is -0.320 e. The molecular weight excluding hydrogens is 413 g/mol. The van der Waals surface area contributed by atoms with E-state index in [1.54, 1.807) is 0 Å². The molecule has 3 heterocycles. The topological polar surface area (TPSA) is 113 Å². The number of carbonyl (C=O) groups excluding carboxylic acids is 2. The van der Waals surface area contributed by atoms with Crippen LogP contribution in [0.15, 0.2) is 59.5 Å². The predicted molar refractivity (Wildman–Crippen MR) is 103 cm³/mol. The van der Waals surface area contributed by atoms with Crippen LogP contribution in [0.3, 0.4) is 0 Å². The van der Waals surface area contributed by atoms with Gasteiger partial charge in [-0.25, -0.2) is 9.67 Å². The third kappa shape index (κ3) is 3.66. The molecule has 2 aromatic rings. The lowest BCUT2D eigenvalue weighted by molar-refractivity contribution is -0.143. The highest BCUT2D eigenvalue weighted by molar-refractivity contribution is 6.06. The molecule has 0 bridgehead atoms. The van der Waals surface area contributed by atoms with Crippen LogP contribution in [0, 0.1) is 17.2 Å². The molecule has 2 aromatic heterocycles. The molecule has 0 fully saturated rings. The second kappa shape index (κ2) is 7.49. The Labute approximate surface area is 172 Å². The van der Waals surface area contributed by atoms with Crippen LogP contribution >= 0.6 is 0 Å². The zero-order valence-corrected chi connectivity index (χ0v) is 15.5. The summed E-state index contributed by atoms with van der Waals surface area (Å²) >= 11 is 0. The van der Waals surface area contributed by atoms with E-state index in [1.807, 2.05) is 6.07 Å². The lowest BCUT2D eigenvalue weighted by Crippen LogP contribution is -2.25. The van der Waals surface area contributed by atoms with Crippen LogP contribution in [-0.4, -0.2) is 32.8 Å². The first-order valence-corrected chi connectivity index (χ1v) is 8.78. The molecule has 31 heavy (non-hydrogen) atoms. The molecule has 0 radical (unpaired) electrons. The number of anilines is 1. The number of hydrogen-bond acceptors (Lipinski definition) is 5. The van der Waals surface area contributed by atoms with E-state index < -0.39 is 35.2 Å². The van der Waals surface area contributed by atoms with E-state index in [2.05, 4.69) is 20.4 Å². The Bertz CT molecular complexity index is 1260. The molecule has 8 nitrogen and oxygen atoms in total. The summed E-state index contributed by atoms with van der Waals surface area (Å²) < 4.78 is 42.5. The third-order valence-corrected chi connectivity index (χ3v) is 4.55. The third-order valence-electron chi connectivity index (χ3n) is 4.55. The number of rotatable bonds is 3. The van der Waals surface area contributed by atoms with E-state index in [-0.39, 0.29) is 22.5 Å². The highest BCUT2D eigenvalue weighted by Gasteiger charge is 2.42. The number of aromatic nitrogens is 3. The Morgan fingerprint density at radius 3 is 2.77 bits per heavy atom. The zero-order valence-electron chi connectivity index (χ0n) is 15.5. The first-order valence-electron chi connectivity index (χ1n) is 8.78. The van der Waals surface area contributed by atoms with Crippen LogP contribution < -0.4 is 5.32 Å². The first kappa shape index (κ1) is 20.0. The number of alkyl halides is 3. The van der Waals surface area contributed by atoms with Gasteiger partial charge in [-0.15, -0.1) is 0 Å². The maximum absolute atomic E-state index is 14.0. The number of hydrogen-bond donors (Lipinski definition) is 1. The summed E-state index contributed by atoms with van der Waals surface area (Å²) in [7, 11) is 0. The summed E-state index contributed by atoms with van der Waals surface area (Å²) in [5, 5.41) is 15.0. The maximum Gasteiger partial charge on any atom is 0.434 e. The smallest absolute Gasteiger partial charge is 0.320 e. The molecule has 0 saturated carbocycles. The number of carbonyl (C=O) groups is 2. The average Bonchev–Trinajstić information content (AvgIpc) is 3.20. The minimum atomic E-state index is -4.93. The van der Waals surface area contributed by atoms with Gasteiger partial charge in [-0.05, 0) is 23.8 Å². The van der Waals surface area contributed by atoms with Crippen molar-refractivity contribution in [1.29, 1.82) is 5.26 Å². The van der Waals surface area contributed by atoms with Gasteiger partial charge in [0.05, 0.1) is 40.8 Å². The van der Waals surface area contributed by atoms with Crippen LogP contribution in [0.5, 0.6) is 0 Å². The molecule has 1 atom stereocenters. The van der Waals surface area contributed by atoms with Gasteiger partial charge in [0, 0.05) is 12.4 Å². The number of nitriles is 1. The van der Waals surface area contributed by atoms with E-state index in [1.165, 1.54) is 49.0 Å². The van der Waals surface area contributed by atoms with Crippen molar-refractivity contribution in [3.8, 4) is 6.07 Å². The van der Waals surface area contributed by atoms with Crippen molar-refractivity contribution < 1.29 is 22.8 Å². The summed E-state index contributed by atoms with van der Waals surface area (Å²) in [4.78, 5) is 32.0. The molecular formula is C20H11F3N6O2. The van der Waals surface area contributed by atoms with E-state index in [0.717, 1.165) is 6.20 Å². The molecule has 2 amide bonds. The van der Waals surface area contributed by atoms with E-state index in [4.69, 9.17) is 5.26 Å². The standard InChI is InChI=1S/C20H11F3N6O2/c21-20(22,23)17-15(19(31)28-12-6-11(7-24)8-25-9-12)10-27-29(17)16-3-1-2-14-13(16)4-5-26-18(14)30/h1-6,8-10,14H,(H,28,31). The van der Waals surface area contributed by atoms with Crippen LogP contribution in [0.1, 0.15) is 21.6 Å². The fraction of sp³-hybridized carbons (Fsp3) is 0.100. The average molecular weight is 424 g/mol. The number of amides is 2. The molecule has 0 aromatic carbocycles. The number of aliphatic imine (C=N–C) groups is 1. The van der Waals surface area contributed by atoms with Gasteiger partial charge in [-0.2, -0.15) is 23.5 Å². The summed E-state index contributed by atoms with van der Waals surface area (Å²) in [6.45, 7) is 0. The Hall–Kier alpha value is -4.33. The van der Waals surface area contributed by atoms with Gasteiger partial charge in [0.25, 0.3) is 11.8 Å². The maximum atomic E-state index is 14.0. The lowest BCUT2D eigenvalue weighted by Gasteiger charge is -2.23. The zero-order chi connectivity index (χ0) is 22.2. The molecule has 2 aliphatic rings. The van der Waals surface area contributed by atoms with Gasteiger partial charge in [0.15, 0.2) is 5.69 Å². The summed E-state index contributed by atoms with van der Waals surface area (Å²) in [6.07, 6.45) is 5.30. The number of pyridine rings is 1. The van der Waals surface area contributed by atoms with Gasteiger partial charge in [-0.1, -0.05) is 12.2 Å². The number of nitrogens with one attached hydrogen (secondary N) is 1. The van der Waals surface area contributed by atoms with Crippen LogP contribution in [0.25, 0.3) is 5.70 Å². The SMILES string of the molecule is N#Cc1cncc(NC(=O)c2cnn(C3=CC=CC4C(=O)N=CC=C34)c2C(F)(F)F)c1. The number of fused-ring (bicyclic) bond motifs is 1. The molecule has 4 rings (SSSR count). The van der Waals surface area contributed by atoms with Crippen molar-refractivity contribution in [2.75, 3.05) is 5.32 Å². The predicted octanol–water partition coefficient (Wildman–Crippen LogP) is 2.99. The van der Waals surface area contributed by atoms with Crippen molar-refractivity contribution in [1.82, 2.24) is 14.8 Å². The van der Waals surface area contributed by atoms with Crippen molar-refractivity contribution >= 4 is 29.4 Å². The van der Waals surface area contributed by atoms with Crippen LogP contribution in [-0.2, 0) is 11.0 Å². The van der Waals surface area contributed by atoms with E-state index >= 15 is 0 Å². The van der Waals surface area contributed by atoms with Crippen molar-refractivity contribution in [3.05, 3.63) is 71.4 Å². The van der Waals surface area contributed by atoms with Crippen LogP contribution in [0.4, 0.5) is 18.9 Å². The highest BCUT2D eigenvalue weighted by Crippen LogP contribution is 2.38. The Morgan fingerprint density at radius 1 is 1.23 bits per heavy atom. The van der Waals surface area contributed by atoms with Crippen LogP contribution in [0.2, 0.25) is 0 Å². The van der Waals surface area contributed by atoms with Crippen molar-refractivity contribution in [2.45, 2.75) is 6.18 Å². The van der Waals surface area contributed by atoms with Gasteiger partial charge in [-0.3, -0.25) is 14.6 Å². The molecule has 1 N–H and O–H groups in total. The largest absolute Gasteiger partial charge is 0.434 e. The molecule has 1 aliphatic heterocycles. The number of dihydropyridines is 1. The summed E-state index contributed by atoms with van der Waals surface area (Å²) in [6, 6.07) is 3.10. The summed E-state index contributed by atoms with van der Waals surface area (Å²) in [5.41, 5.74) is -1.55. The van der Waals surface area contributed by atoms with Gasteiger partial charge >= 0.3 is 6.18 Å². The number of halogens is 3. The number of nitrogens with zero attached hydrogens (tertiary/aromatic N) is 5. The molecule has 0 spiro atoms. The van der Waals surface area contributed by atoms with Crippen molar-refractivity contribution in [3.63, 3.8) is 0 Å². The molecule has 0 saturated heterocycles. The minimum absolute atomic E-state index is 0.00604. The van der Waals surface area contributed by atoms with Gasteiger partial charge in [0.2, 0.25) is 0 Å². The molecule has 11 heteroatoms. The Kier molecular flexibility index (Phi) is 4.82. The Balaban J connectivity index is 1.76. The highest BCUT2D eigenvalue weighted by atomic mass is 19.4. The van der Waals surface area contributed by atoms with E-state index in [0.29, 0.717) is 4.68 Å². The normalized spacial score (nSPS) is 17.5. The Morgan fingerprint density at radius 2 is 2.03 bits per heavy atom. The molecule has 1 unspecified atom stereocenters. The quantitative estimate of drug-likeness (QED) is 0.814. The second-order valence-corrected chi connectivity index (χ2v) is 6.50. The van der Waals surface area contributed by atoms with Gasteiger partial charge < -0.3 is 5.32 Å².